The van der Waals surface area contributed by atoms with E-state index in [-0.39, 0.29) is 5.82 Å². The Morgan fingerprint density at radius 2 is 1.74 bits per heavy atom. The van der Waals surface area contributed by atoms with Crippen LogP contribution in [-0.4, -0.2) is 18.2 Å². The number of anilines is 1. The fourth-order valence-corrected chi connectivity index (χ4v) is 2.34. The van der Waals surface area contributed by atoms with Crippen molar-refractivity contribution in [3.8, 4) is 22.8 Å². The molecular formula is C13H10Cl2N2O2. The Hall–Kier alpha value is -1.65. The molecule has 6 heteroatoms. The fraction of sp³-hybridized carbons (Fsp3) is 0.154. The minimum absolute atomic E-state index is 0.246. The highest BCUT2D eigenvalue weighted by Gasteiger charge is 2.15. The van der Waals surface area contributed by atoms with Gasteiger partial charge in [0.1, 0.15) is 19.0 Å². The second kappa shape index (κ2) is 4.79. The predicted molar refractivity (Wildman–Crippen MR) is 75.1 cm³/mol. The molecule has 3 rings (SSSR count). The average molecular weight is 297 g/mol. The van der Waals surface area contributed by atoms with Crippen molar-refractivity contribution >= 4 is 29.0 Å². The summed E-state index contributed by atoms with van der Waals surface area (Å²) in [6, 6.07) is 7.09. The van der Waals surface area contributed by atoms with Gasteiger partial charge >= 0.3 is 0 Å². The van der Waals surface area contributed by atoms with Crippen LogP contribution in [0.4, 0.5) is 5.82 Å². The number of pyridine rings is 1. The van der Waals surface area contributed by atoms with Gasteiger partial charge in [-0.1, -0.05) is 23.2 Å². The van der Waals surface area contributed by atoms with Gasteiger partial charge in [-0.15, -0.1) is 0 Å². The van der Waals surface area contributed by atoms with E-state index in [1.807, 2.05) is 18.2 Å². The molecule has 0 saturated heterocycles. The molecule has 2 aromatic rings. The van der Waals surface area contributed by atoms with Gasteiger partial charge < -0.3 is 15.2 Å². The molecule has 2 N–H and O–H groups in total. The molecular weight excluding hydrogens is 287 g/mol. The molecule has 1 aromatic carbocycles. The maximum atomic E-state index is 6.14. The van der Waals surface area contributed by atoms with E-state index in [4.69, 9.17) is 38.4 Å². The van der Waals surface area contributed by atoms with Crippen molar-refractivity contribution in [2.24, 2.45) is 0 Å². The van der Waals surface area contributed by atoms with E-state index in [9.17, 15) is 0 Å². The first-order valence-corrected chi connectivity index (χ1v) is 6.42. The molecule has 0 bridgehead atoms. The fourth-order valence-electron chi connectivity index (χ4n) is 1.87. The third kappa shape index (κ3) is 2.29. The number of nitrogen functional groups attached to an aromatic ring is 1. The number of aromatic nitrogens is 1. The first kappa shape index (κ1) is 12.4. The minimum Gasteiger partial charge on any atom is -0.486 e. The van der Waals surface area contributed by atoms with Crippen molar-refractivity contribution < 1.29 is 9.47 Å². The zero-order valence-electron chi connectivity index (χ0n) is 9.82. The number of nitrogens with zero attached hydrogens (tertiary/aromatic N) is 1. The van der Waals surface area contributed by atoms with E-state index in [2.05, 4.69) is 4.98 Å². The highest BCUT2D eigenvalue weighted by molar-refractivity contribution is 6.37. The lowest BCUT2D eigenvalue weighted by molar-refractivity contribution is 0.171. The van der Waals surface area contributed by atoms with Gasteiger partial charge in [-0.2, -0.15) is 0 Å². The van der Waals surface area contributed by atoms with Crippen LogP contribution in [-0.2, 0) is 0 Å². The van der Waals surface area contributed by atoms with Crippen molar-refractivity contribution in [2.75, 3.05) is 18.9 Å². The Bertz CT molecular complexity index is 647. The van der Waals surface area contributed by atoms with Crippen LogP contribution in [0.3, 0.4) is 0 Å². The van der Waals surface area contributed by atoms with E-state index in [1.54, 1.807) is 6.07 Å². The summed E-state index contributed by atoms with van der Waals surface area (Å²) >= 11 is 12.0. The summed E-state index contributed by atoms with van der Waals surface area (Å²) in [5.74, 6) is 1.64. The van der Waals surface area contributed by atoms with Gasteiger partial charge in [-0.3, -0.25) is 0 Å². The lowest BCUT2D eigenvalue weighted by Crippen LogP contribution is -2.15. The minimum atomic E-state index is 0.246. The Morgan fingerprint density at radius 1 is 1.00 bits per heavy atom. The van der Waals surface area contributed by atoms with Crippen LogP contribution in [0.2, 0.25) is 10.0 Å². The van der Waals surface area contributed by atoms with Gasteiger partial charge in [0.2, 0.25) is 0 Å². The third-order valence-electron chi connectivity index (χ3n) is 2.77. The summed E-state index contributed by atoms with van der Waals surface area (Å²) < 4.78 is 11.0. The highest BCUT2D eigenvalue weighted by atomic mass is 35.5. The molecule has 0 spiro atoms. The van der Waals surface area contributed by atoms with Crippen molar-refractivity contribution in [1.29, 1.82) is 0 Å². The second-order valence-corrected chi connectivity index (χ2v) is 4.86. The summed E-state index contributed by atoms with van der Waals surface area (Å²) in [6.07, 6.45) is 0. The van der Waals surface area contributed by atoms with Crippen LogP contribution in [0, 0.1) is 0 Å². The Morgan fingerprint density at radius 3 is 2.53 bits per heavy atom. The van der Waals surface area contributed by atoms with Crippen LogP contribution in [0.5, 0.6) is 11.5 Å². The smallest absolute Gasteiger partial charge is 0.162 e. The van der Waals surface area contributed by atoms with Gasteiger partial charge in [-0.25, -0.2) is 4.98 Å². The van der Waals surface area contributed by atoms with Crippen LogP contribution < -0.4 is 15.2 Å². The number of ether oxygens (including phenoxy) is 2. The summed E-state index contributed by atoms with van der Waals surface area (Å²) in [5, 5.41) is 0.780. The maximum absolute atomic E-state index is 6.14. The number of fused-ring (bicyclic) bond motifs is 1. The largest absolute Gasteiger partial charge is 0.486 e. The van der Waals surface area contributed by atoms with Crippen molar-refractivity contribution in [3.05, 3.63) is 34.3 Å². The quantitative estimate of drug-likeness (QED) is 0.876. The molecule has 0 saturated carbocycles. The predicted octanol–water partition coefficient (Wildman–Crippen LogP) is 3.41. The first-order chi connectivity index (χ1) is 9.15. The monoisotopic (exact) mass is 296 g/mol. The molecule has 1 aliphatic rings. The highest BCUT2D eigenvalue weighted by Crippen LogP contribution is 2.37. The standard InChI is InChI=1S/C13H10Cl2N2O2/c14-8-6-9(15)13(16)17-12(8)7-1-2-10-11(5-7)19-4-3-18-10/h1-2,5-6H,3-4H2,(H2,16,17). The summed E-state index contributed by atoms with van der Waals surface area (Å²) in [6.45, 7) is 1.08. The topological polar surface area (TPSA) is 57.4 Å². The van der Waals surface area contributed by atoms with Gasteiger partial charge in [0, 0.05) is 5.56 Å². The molecule has 4 nitrogen and oxygen atoms in total. The second-order valence-electron chi connectivity index (χ2n) is 4.04. The molecule has 0 aliphatic carbocycles. The summed E-state index contributed by atoms with van der Waals surface area (Å²) in [5.41, 5.74) is 7.08. The van der Waals surface area contributed by atoms with E-state index in [0.29, 0.717) is 40.5 Å². The zero-order chi connectivity index (χ0) is 13.4. The molecule has 2 heterocycles. The normalized spacial score (nSPS) is 13.4. The summed E-state index contributed by atoms with van der Waals surface area (Å²) in [7, 11) is 0. The lowest BCUT2D eigenvalue weighted by atomic mass is 10.1. The van der Waals surface area contributed by atoms with E-state index in [1.165, 1.54) is 0 Å². The average Bonchev–Trinajstić information content (AvgIpc) is 2.42. The SMILES string of the molecule is Nc1nc(-c2ccc3c(c2)OCCO3)c(Cl)cc1Cl. The van der Waals surface area contributed by atoms with E-state index in [0.717, 1.165) is 5.56 Å². The third-order valence-corrected chi connectivity index (χ3v) is 3.36. The van der Waals surface area contributed by atoms with Gasteiger partial charge in [0.05, 0.1) is 15.7 Å². The van der Waals surface area contributed by atoms with E-state index >= 15 is 0 Å². The molecule has 0 unspecified atom stereocenters. The molecule has 0 amide bonds. The molecule has 1 aromatic heterocycles. The van der Waals surface area contributed by atoms with Crippen LogP contribution in [0.25, 0.3) is 11.3 Å². The number of hydrogen-bond donors (Lipinski definition) is 1. The molecule has 0 fully saturated rings. The van der Waals surface area contributed by atoms with Crippen LogP contribution in [0.1, 0.15) is 0 Å². The number of benzene rings is 1. The Balaban J connectivity index is 2.09. The van der Waals surface area contributed by atoms with Crippen LogP contribution >= 0.6 is 23.2 Å². The first-order valence-electron chi connectivity index (χ1n) is 5.66. The van der Waals surface area contributed by atoms with Crippen molar-refractivity contribution in [2.45, 2.75) is 0 Å². The van der Waals surface area contributed by atoms with Crippen molar-refractivity contribution in [3.63, 3.8) is 0 Å². The van der Waals surface area contributed by atoms with Crippen LogP contribution in [0.15, 0.2) is 24.3 Å². The molecule has 19 heavy (non-hydrogen) atoms. The number of nitrogens with two attached hydrogens (primary N) is 1. The Labute approximate surface area is 120 Å². The number of hydrogen-bond acceptors (Lipinski definition) is 4. The Kier molecular flexibility index (Phi) is 3.12. The number of halogens is 2. The zero-order valence-corrected chi connectivity index (χ0v) is 11.3. The molecule has 98 valence electrons. The number of rotatable bonds is 1. The summed E-state index contributed by atoms with van der Waals surface area (Å²) in [4.78, 5) is 4.21. The molecule has 1 aliphatic heterocycles. The lowest BCUT2D eigenvalue weighted by Gasteiger charge is -2.19. The van der Waals surface area contributed by atoms with Crippen molar-refractivity contribution in [1.82, 2.24) is 4.98 Å². The van der Waals surface area contributed by atoms with Gasteiger partial charge in [0.15, 0.2) is 11.5 Å². The van der Waals surface area contributed by atoms with Gasteiger partial charge in [-0.05, 0) is 24.3 Å². The molecule has 0 radical (unpaired) electrons. The maximum Gasteiger partial charge on any atom is 0.162 e. The van der Waals surface area contributed by atoms with E-state index < -0.39 is 0 Å². The molecule has 0 atom stereocenters. The van der Waals surface area contributed by atoms with Gasteiger partial charge in [0.25, 0.3) is 0 Å².